The van der Waals surface area contributed by atoms with Gasteiger partial charge in [0.2, 0.25) is 11.8 Å². The van der Waals surface area contributed by atoms with E-state index in [9.17, 15) is 27.6 Å². The van der Waals surface area contributed by atoms with Gasteiger partial charge in [-0.1, -0.05) is 25.0 Å². The number of nitrogens with zero attached hydrogens (tertiary/aromatic N) is 1. The molecule has 0 aromatic carbocycles. The summed E-state index contributed by atoms with van der Waals surface area (Å²) in [4.78, 5) is 54.5. The summed E-state index contributed by atoms with van der Waals surface area (Å²) in [6.07, 6.45) is 9.80. The molecule has 3 fully saturated rings. The van der Waals surface area contributed by atoms with Crippen LogP contribution in [0.5, 0.6) is 0 Å². The lowest BCUT2D eigenvalue weighted by molar-refractivity contribution is -0.141. The molecule has 4 amide bonds. The molecule has 13 heteroatoms. The van der Waals surface area contributed by atoms with Gasteiger partial charge in [0.25, 0.3) is 5.91 Å². The fourth-order valence-electron chi connectivity index (χ4n) is 5.34. The van der Waals surface area contributed by atoms with E-state index in [4.69, 9.17) is 4.74 Å². The Labute approximate surface area is 236 Å². The van der Waals surface area contributed by atoms with Crippen molar-refractivity contribution in [1.29, 1.82) is 0 Å². The molecule has 12 nitrogen and oxygen atoms in total. The minimum Gasteiger partial charge on any atom is -0.444 e. The number of hydrogen-bond acceptors (Lipinski definition) is 7. The highest BCUT2D eigenvalue weighted by Crippen LogP contribution is 2.45. The molecule has 0 spiro atoms. The average molecular weight is 582 g/mol. The van der Waals surface area contributed by atoms with E-state index in [0.29, 0.717) is 38.1 Å². The summed E-state index contributed by atoms with van der Waals surface area (Å²) in [5.74, 6) is -1.73. The Balaban J connectivity index is 1.51. The van der Waals surface area contributed by atoms with Gasteiger partial charge in [-0.25, -0.2) is 9.52 Å². The van der Waals surface area contributed by atoms with Crippen molar-refractivity contribution in [3.05, 3.63) is 12.2 Å². The Morgan fingerprint density at radius 1 is 1.10 bits per heavy atom. The molecule has 2 aliphatic heterocycles. The third kappa shape index (κ3) is 7.96. The highest BCUT2D eigenvalue weighted by Gasteiger charge is 2.61. The normalized spacial score (nSPS) is 29.8. The molecule has 0 radical (unpaired) electrons. The summed E-state index contributed by atoms with van der Waals surface area (Å²) in [5, 5.41) is 5.52. The van der Waals surface area contributed by atoms with Gasteiger partial charge in [0, 0.05) is 19.0 Å². The zero-order valence-electron chi connectivity index (χ0n) is 23.7. The van der Waals surface area contributed by atoms with Gasteiger partial charge < -0.3 is 20.3 Å². The monoisotopic (exact) mass is 581 g/mol. The molecule has 2 aliphatic carbocycles. The number of fused-ring (bicyclic) bond motifs is 2. The first kappa shape index (κ1) is 30.3. The number of alkyl carbamates (subject to hydrolysis) is 1. The number of carbonyl (C=O) groups excluding carboxylic acids is 4. The minimum atomic E-state index is -4.08. The molecule has 0 unspecified atom stereocenters. The predicted octanol–water partition coefficient (Wildman–Crippen LogP) is 1.63. The molecular formula is C27H43N5O7S. The highest BCUT2D eigenvalue weighted by molar-refractivity contribution is 7.88. The summed E-state index contributed by atoms with van der Waals surface area (Å²) in [7, 11) is -4.08. The van der Waals surface area contributed by atoms with Crippen molar-refractivity contribution >= 4 is 34.0 Å². The van der Waals surface area contributed by atoms with E-state index < -0.39 is 51.3 Å². The van der Waals surface area contributed by atoms with Gasteiger partial charge >= 0.3 is 16.3 Å². The molecule has 4 atom stereocenters. The number of hydrogen-bond donors (Lipinski definition) is 4. The van der Waals surface area contributed by atoms with Crippen LogP contribution in [-0.4, -0.2) is 73.4 Å². The summed E-state index contributed by atoms with van der Waals surface area (Å²) < 4.78 is 34.9. The van der Waals surface area contributed by atoms with E-state index in [1.807, 2.05) is 12.2 Å². The summed E-state index contributed by atoms with van der Waals surface area (Å²) in [6.45, 7) is 5.83. The van der Waals surface area contributed by atoms with Crippen LogP contribution in [0.1, 0.15) is 85.0 Å². The molecule has 224 valence electrons. The van der Waals surface area contributed by atoms with Gasteiger partial charge in [-0.2, -0.15) is 13.1 Å². The van der Waals surface area contributed by atoms with Crippen LogP contribution < -0.4 is 20.1 Å². The SMILES string of the molecule is CC(C)(C)OC(=O)N[C@H]1CCCCCC=C[C@@H]2C[C@@]2(C(=O)NS(=O)(=O)NCC2CC2)NC(=O)[C@@H]2CCCN2C1=O. The van der Waals surface area contributed by atoms with Crippen molar-refractivity contribution in [3.63, 3.8) is 0 Å². The standard InChI is InChI=1S/C27H43N5O7S/c1-26(2,3)39-25(36)29-20-11-8-6-4-5-7-10-19-16-27(19,24(35)31-40(37,38)28-17-18-13-14-18)30-22(33)21-12-9-15-32(21)23(20)34/h7,10,18-21,28H,4-6,8-9,11-17H2,1-3H3,(H,29,36)(H,30,33)(H,31,35)/t19-,20+,21+,27-/m1/s1. The van der Waals surface area contributed by atoms with Gasteiger partial charge in [-0.3, -0.25) is 14.4 Å². The summed E-state index contributed by atoms with van der Waals surface area (Å²) in [5.41, 5.74) is -2.14. The van der Waals surface area contributed by atoms with Crippen LogP contribution in [0.4, 0.5) is 4.79 Å². The quantitative estimate of drug-likeness (QED) is 0.346. The molecule has 2 saturated carbocycles. The third-order valence-electron chi connectivity index (χ3n) is 7.81. The fraction of sp³-hybridized carbons (Fsp3) is 0.778. The Morgan fingerprint density at radius 2 is 1.85 bits per heavy atom. The number of allylic oxidation sites excluding steroid dienone is 1. The van der Waals surface area contributed by atoms with Gasteiger partial charge in [-0.15, -0.1) is 0 Å². The fourth-order valence-corrected chi connectivity index (χ4v) is 6.30. The van der Waals surface area contributed by atoms with E-state index >= 15 is 0 Å². The van der Waals surface area contributed by atoms with Crippen LogP contribution in [0, 0.1) is 11.8 Å². The molecule has 0 aromatic heterocycles. The third-order valence-corrected chi connectivity index (χ3v) is 8.81. The lowest BCUT2D eigenvalue weighted by atomic mass is 10.0. The number of nitrogens with one attached hydrogen (secondary N) is 4. The van der Waals surface area contributed by atoms with Crippen LogP contribution in [0.2, 0.25) is 0 Å². The largest absolute Gasteiger partial charge is 0.444 e. The van der Waals surface area contributed by atoms with E-state index in [2.05, 4.69) is 20.1 Å². The second-order valence-corrected chi connectivity index (χ2v) is 14.0. The first-order valence-electron chi connectivity index (χ1n) is 14.4. The maximum atomic E-state index is 13.6. The summed E-state index contributed by atoms with van der Waals surface area (Å²) >= 11 is 0. The van der Waals surface area contributed by atoms with E-state index in [1.165, 1.54) is 4.90 Å². The van der Waals surface area contributed by atoms with E-state index in [-0.39, 0.29) is 24.8 Å². The van der Waals surface area contributed by atoms with Crippen molar-refractivity contribution in [2.45, 2.75) is 108 Å². The number of rotatable bonds is 6. The Bertz CT molecular complexity index is 1130. The Morgan fingerprint density at radius 3 is 2.55 bits per heavy atom. The molecule has 4 N–H and O–H groups in total. The molecule has 2 heterocycles. The van der Waals surface area contributed by atoms with Crippen LogP contribution in [-0.2, 0) is 29.3 Å². The predicted molar refractivity (Wildman–Crippen MR) is 147 cm³/mol. The van der Waals surface area contributed by atoms with Gasteiger partial charge in [0.15, 0.2) is 0 Å². The zero-order chi connectivity index (χ0) is 29.1. The Hall–Kier alpha value is -2.67. The first-order chi connectivity index (χ1) is 18.8. The van der Waals surface area contributed by atoms with E-state index in [1.54, 1.807) is 20.8 Å². The Kier molecular flexibility index (Phi) is 9.13. The second kappa shape index (κ2) is 12.1. The molecule has 4 aliphatic rings. The van der Waals surface area contributed by atoms with Crippen molar-refractivity contribution in [3.8, 4) is 0 Å². The lowest BCUT2D eigenvalue weighted by Crippen LogP contribution is -2.59. The highest BCUT2D eigenvalue weighted by atomic mass is 32.2. The van der Waals surface area contributed by atoms with Crippen molar-refractivity contribution in [1.82, 2.24) is 25.0 Å². The molecule has 4 rings (SSSR count). The minimum absolute atomic E-state index is 0.267. The maximum Gasteiger partial charge on any atom is 0.408 e. The van der Waals surface area contributed by atoms with Crippen LogP contribution >= 0.6 is 0 Å². The maximum absolute atomic E-state index is 13.6. The number of carbonyl (C=O) groups is 4. The van der Waals surface area contributed by atoms with Crippen molar-refractivity contribution < 1.29 is 32.3 Å². The molecule has 0 aromatic rings. The van der Waals surface area contributed by atoms with E-state index in [0.717, 1.165) is 32.1 Å². The van der Waals surface area contributed by atoms with Crippen molar-refractivity contribution in [2.75, 3.05) is 13.1 Å². The first-order valence-corrected chi connectivity index (χ1v) is 15.9. The summed E-state index contributed by atoms with van der Waals surface area (Å²) in [6, 6.07) is -1.68. The number of ether oxygens (including phenoxy) is 1. The van der Waals surface area contributed by atoms with Gasteiger partial charge in [0.05, 0.1) is 0 Å². The van der Waals surface area contributed by atoms with Crippen LogP contribution in [0.25, 0.3) is 0 Å². The number of amides is 4. The van der Waals surface area contributed by atoms with Gasteiger partial charge in [-0.05, 0) is 78.1 Å². The zero-order valence-corrected chi connectivity index (χ0v) is 24.5. The molecule has 1 saturated heterocycles. The molecular weight excluding hydrogens is 538 g/mol. The lowest BCUT2D eigenvalue weighted by Gasteiger charge is -2.30. The van der Waals surface area contributed by atoms with Crippen molar-refractivity contribution in [2.24, 2.45) is 11.8 Å². The molecule has 0 bridgehead atoms. The van der Waals surface area contributed by atoms with Crippen LogP contribution in [0.3, 0.4) is 0 Å². The molecule has 40 heavy (non-hydrogen) atoms. The average Bonchev–Trinajstić information content (AvgIpc) is 3.75. The van der Waals surface area contributed by atoms with Crippen LogP contribution in [0.15, 0.2) is 12.2 Å². The second-order valence-electron chi connectivity index (χ2n) is 12.5. The smallest absolute Gasteiger partial charge is 0.408 e. The van der Waals surface area contributed by atoms with Gasteiger partial charge in [0.1, 0.15) is 23.2 Å². The topological polar surface area (TPSA) is 163 Å².